The number of halogens is 1. The van der Waals surface area contributed by atoms with Gasteiger partial charge in [0, 0.05) is 11.1 Å². The van der Waals surface area contributed by atoms with E-state index in [0.717, 1.165) is 4.57 Å². The van der Waals surface area contributed by atoms with E-state index in [1.807, 2.05) is 0 Å². The van der Waals surface area contributed by atoms with E-state index < -0.39 is 17.2 Å². The van der Waals surface area contributed by atoms with Crippen molar-refractivity contribution < 1.29 is 14.3 Å². The first-order valence-electron chi connectivity index (χ1n) is 9.44. The van der Waals surface area contributed by atoms with E-state index in [2.05, 4.69) is 5.32 Å². The third kappa shape index (κ3) is 4.00. The maximum Gasteiger partial charge on any atom is 0.336 e. The maximum atomic E-state index is 13.3. The fraction of sp³-hybridized carbons (Fsp3) is 0.136. The third-order valence-electron chi connectivity index (χ3n) is 4.81. The topological polar surface area (TPSA) is 91.6 Å². The molecule has 0 aliphatic carbocycles. The van der Waals surface area contributed by atoms with Gasteiger partial charge in [0.1, 0.15) is 22.7 Å². The Bertz CT molecular complexity index is 1440. The smallest absolute Gasteiger partial charge is 0.336 e. The number of thiophene rings is 1. The lowest BCUT2D eigenvalue weighted by molar-refractivity contribution is -0.116. The van der Waals surface area contributed by atoms with Crippen LogP contribution in [0.4, 0.5) is 5.69 Å². The van der Waals surface area contributed by atoms with Crippen molar-refractivity contribution in [3.05, 3.63) is 79.8 Å². The monoisotopic (exact) mass is 471 g/mol. The number of nitrogens with one attached hydrogen (secondary N) is 1. The van der Waals surface area contributed by atoms with Gasteiger partial charge in [-0.15, -0.1) is 11.3 Å². The molecule has 2 aromatic heterocycles. The summed E-state index contributed by atoms with van der Waals surface area (Å²) in [6.45, 7) is -0.303. The molecule has 0 aliphatic heterocycles. The summed E-state index contributed by atoms with van der Waals surface area (Å²) in [5.41, 5.74) is 0.0424. The number of benzene rings is 2. The minimum absolute atomic E-state index is 0.303. The quantitative estimate of drug-likeness (QED) is 0.464. The summed E-state index contributed by atoms with van der Waals surface area (Å²) >= 11 is 7.25. The molecule has 0 bridgehead atoms. The van der Waals surface area contributed by atoms with Crippen LogP contribution in [0, 0.1) is 0 Å². The first kappa shape index (κ1) is 21.7. The number of aromatic nitrogens is 2. The second-order valence-corrected chi connectivity index (χ2v) is 8.09. The Labute approximate surface area is 191 Å². The highest BCUT2D eigenvalue weighted by Gasteiger charge is 2.18. The highest BCUT2D eigenvalue weighted by Crippen LogP contribution is 2.29. The Kier molecular flexibility index (Phi) is 6.02. The molecule has 1 amide bonds. The van der Waals surface area contributed by atoms with Crippen LogP contribution in [0.5, 0.6) is 11.5 Å². The second kappa shape index (κ2) is 8.89. The van der Waals surface area contributed by atoms with Gasteiger partial charge in [-0.05, 0) is 41.8 Å². The van der Waals surface area contributed by atoms with Gasteiger partial charge in [-0.25, -0.2) is 9.36 Å². The molecule has 0 spiro atoms. The van der Waals surface area contributed by atoms with E-state index >= 15 is 0 Å². The standard InChI is InChI=1S/C22H18ClN3O5S/c1-30-15-6-7-16(18(11-15)31-2)24-19(27)12-25-17-8-9-32-20(17)21(28)26(22(25)29)14-5-3-4-13(23)10-14/h3-11H,12H2,1-2H3,(H,24,27). The molecule has 2 heterocycles. The van der Waals surface area contributed by atoms with E-state index in [9.17, 15) is 14.4 Å². The SMILES string of the molecule is COc1ccc(NC(=O)Cn2c(=O)n(-c3cccc(Cl)c3)c(=O)c3sccc32)c(OC)c1. The van der Waals surface area contributed by atoms with E-state index in [-0.39, 0.29) is 6.54 Å². The Hall–Kier alpha value is -3.56. The molecule has 10 heteroatoms. The van der Waals surface area contributed by atoms with Gasteiger partial charge in [0.2, 0.25) is 5.91 Å². The van der Waals surface area contributed by atoms with E-state index in [4.69, 9.17) is 21.1 Å². The molecule has 0 radical (unpaired) electrons. The Morgan fingerprint density at radius 2 is 1.91 bits per heavy atom. The molecule has 0 fully saturated rings. The Balaban J connectivity index is 1.75. The zero-order valence-corrected chi connectivity index (χ0v) is 18.7. The summed E-state index contributed by atoms with van der Waals surface area (Å²) in [6, 6.07) is 13.0. The van der Waals surface area contributed by atoms with Crippen LogP contribution in [0.1, 0.15) is 0 Å². The zero-order valence-electron chi connectivity index (χ0n) is 17.1. The number of carbonyl (C=O) groups excluding carboxylic acids is 1. The van der Waals surface area contributed by atoms with Gasteiger partial charge in [0.05, 0.1) is 31.1 Å². The van der Waals surface area contributed by atoms with Gasteiger partial charge in [0.15, 0.2) is 0 Å². The number of amides is 1. The van der Waals surface area contributed by atoms with Crippen LogP contribution in [-0.4, -0.2) is 29.3 Å². The van der Waals surface area contributed by atoms with Gasteiger partial charge in [-0.1, -0.05) is 17.7 Å². The molecule has 0 saturated heterocycles. The fourth-order valence-corrected chi connectivity index (χ4v) is 4.33. The number of nitrogens with zero attached hydrogens (tertiary/aromatic N) is 2. The summed E-state index contributed by atoms with van der Waals surface area (Å²) in [4.78, 5) is 39.1. The largest absolute Gasteiger partial charge is 0.497 e. The average molecular weight is 472 g/mol. The van der Waals surface area contributed by atoms with Crippen LogP contribution in [0.25, 0.3) is 15.9 Å². The van der Waals surface area contributed by atoms with Crippen LogP contribution in [0.3, 0.4) is 0 Å². The maximum absolute atomic E-state index is 13.3. The predicted octanol–water partition coefficient (Wildman–Crippen LogP) is 3.52. The van der Waals surface area contributed by atoms with Gasteiger partial charge >= 0.3 is 5.69 Å². The summed E-state index contributed by atoms with van der Waals surface area (Å²) < 4.78 is 13.1. The van der Waals surface area contributed by atoms with Crippen molar-refractivity contribution in [2.24, 2.45) is 0 Å². The van der Waals surface area contributed by atoms with Crippen LogP contribution in [0.15, 0.2) is 63.5 Å². The van der Waals surface area contributed by atoms with E-state index in [0.29, 0.717) is 38.1 Å². The van der Waals surface area contributed by atoms with E-state index in [1.165, 1.54) is 36.2 Å². The molecule has 0 unspecified atom stereocenters. The lowest BCUT2D eigenvalue weighted by atomic mass is 10.2. The van der Waals surface area contributed by atoms with Crippen molar-refractivity contribution in [3.63, 3.8) is 0 Å². The zero-order chi connectivity index (χ0) is 22.8. The van der Waals surface area contributed by atoms with Crippen molar-refractivity contribution in [2.75, 3.05) is 19.5 Å². The number of anilines is 1. The van der Waals surface area contributed by atoms with Gasteiger partial charge in [-0.3, -0.25) is 14.2 Å². The number of ether oxygens (including phenoxy) is 2. The molecule has 1 N–H and O–H groups in total. The second-order valence-electron chi connectivity index (χ2n) is 6.74. The first-order valence-corrected chi connectivity index (χ1v) is 10.7. The molecule has 0 saturated carbocycles. The number of hydrogen-bond donors (Lipinski definition) is 1. The minimum Gasteiger partial charge on any atom is -0.497 e. The van der Waals surface area contributed by atoms with Crippen molar-refractivity contribution in [1.82, 2.24) is 9.13 Å². The summed E-state index contributed by atoms with van der Waals surface area (Å²) in [5, 5.41) is 4.83. The number of fused-ring (bicyclic) bond motifs is 1. The van der Waals surface area contributed by atoms with Crippen LogP contribution in [0.2, 0.25) is 5.02 Å². The molecule has 4 aromatic rings. The van der Waals surface area contributed by atoms with Crippen molar-refractivity contribution in [2.45, 2.75) is 6.54 Å². The van der Waals surface area contributed by atoms with E-state index in [1.54, 1.807) is 47.8 Å². The van der Waals surface area contributed by atoms with Crippen LogP contribution < -0.4 is 26.0 Å². The molecule has 0 aliphatic rings. The lowest BCUT2D eigenvalue weighted by Crippen LogP contribution is -2.40. The van der Waals surface area contributed by atoms with Crippen molar-refractivity contribution in [1.29, 1.82) is 0 Å². The summed E-state index contributed by atoms with van der Waals surface area (Å²) in [6.07, 6.45) is 0. The normalized spacial score (nSPS) is 10.8. The summed E-state index contributed by atoms with van der Waals surface area (Å²) in [5.74, 6) is 0.527. The Morgan fingerprint density at radius 1 is 1.09 bits per heavy atom. The Morgan fingerprint density at radius 3 is 2.62 bits per heavy atom. The third-order valence-corrected chi connectivity index (χ3v) is 5.93. The number of hydrogen-bond acceptors (Lipinski definition) is 6. The van der Waals surface area contributed by atoms with Crippen LogP contribution >= 0.6 is 22.9 Å². The molecular weight excluding hydrogens is 454 g/mol. The molecule has 164 valence electrons. The number of methoxy groups -OCH3 is 2. The molecular formula is C22H18ClN3O5S. The molecule has 32 heavy (non-hydrogen) atoms. The molecule has 4 rings (SSSR count). The molecule has 8 nitrogen and oxygen atoms in total. The van der Waals surface area contributed by atoms with Crippen molar-refractivity contribution >= 4 is 44.7 Å². The molecule has 0 atom stereocenters. The van der Waals surface area contributed by atoms with Crippen molar-refractivity contribution in [3.8, 4) is 17.2 Å². The predicted molar refractivity (Wildman–Crippen MR) is 125 cm³/mol. The highest BCUT2D eigenvalue weighted by molar-refractivity contribution is 7.17. The van der Waals surface area contributed by atoms with Gasteiger partial charge in [0.25, 0.3) is 5.56 Å². The fourth-order valence-electron chi connectivity index (χ4n) is 3.32. The van der Waals surface area contributed by atoms with Gasteiger partial charge < -0.3 is 14.8 Å². The minimum atomic E-state index is -0.639. The first-order chi connectivity index (χ1) is 15.4. The highest BCUT2D eigenvalue weighted by atomic mass is 35.5. The summed E-state index contributed by atoms with van der Waals surface area (Å²) in [7, 11) is 3.01. The molecule has 2 aromatic carbocycles. The average Bonchev–Trinajstić information content (AvgIpc) is 3.27. The van der Waals surface area contributed by atoms with Crippen LogP contribution in [-0.2, 0) is 11.3 Å². The number of carbonyl (C=O) groups is 1. The number of rotatable bonds is 6. The van der Waals surface area contributed by atoms with Gasteiger partial charge in [-0.2, -0.15) is 0 Å². The lowest BCUT2D eigenvalue weighted by Gasteiger charge is -2.14.